The van der Waals surface area contributed by atoms with Crippen molar-refractivity contribution in [3.63, 3.8) is 0 Å². The summed E-state index contributed by atoms with van der Waals surface area (Å²) in [5, 5.41) is 0. The van der Waals surface area contributed by atoms with Crippen LogP contribution in [0.2, 0.25) is 0 Å². The third-order valence-electron chi connectivity index (χ3n) is 7.35. The number of ether oxygens (including phenoxy) is 1. The summed E-state index contributed by atoms with van der Waals surface area (Å²) < 4.78 is 8.37. The van der Waals surface area contributed by atoms with Gasteiger partial charge in [-0.3, -0.25) is 4.79 Å². The maximum atomic E-state index is 13.1. The largest absolute Gasteiger partial charge is 0.492 e. The van der Waals surface area contributed by atoms with E-state index in [1.165, 1.54) is 11.1 Å². The third kappa shape index (κ3) is 4.62. The number of aryl methyl sites for hydroxylation is 1. The fourth-order valence-electron chi connectivity index (χ4n) is 5.09. The number of amides is 1. The average Bonchev–Trinajstić information content (AvgIpc) is 3.41. The van der Waals surface area contributed by atoms with Crippen molar-refractivity contribution in [3.05, 3.63) is 89.2 Å². The highest BCUT2D eigenvalue weighted by atomic mass is 16.5. The van der Waals surface area contributed by atoms with Crippen LogP contribution in [0.15, 0.2) is 66.7 Å². The number of hydrogen-bond acceptors (Lipinski definition) is 3. The molecule has 3 aromatic carbocycles. The molecule has 2 heterocycles. The molecule has 0 aliphatic carbocycles. The second-order valence-electron chi connectivity index (χ2n) is 10.9. The summed E-state index contributed by atoms with van der Waals surface area (Å²) in [5.41, 5.74) is 6.81. The van der Waals surface area contributed by atoms with Gasteiger partial charge in [-0.1, -0.05) is 57.2 Å². The van der Waals surface area contributed by atoms with Crippen molar-refractivity contribution in [1.29, 1.82) is 0 Å². The summed E-state index contributed by atoms with van der Waals surface area (Å²) >= 11 is 0. The van der Waals surface area contributed by atoms with Gasteiger partial charge in [-0.2, -0.15) is 0 Å². The van der Waals surface area contributed by atoms with Crippen LogP contribution in [0, 0.1) is 13.8 Å². The summed E-state index contributed by atoms with van der Waals surface area (Å²) in [6.07, 6.45) is 0.464. The van der Waals surface area contributed by atoms with Crippen molar-refractivity contribution < 1.29 is 9.53 Å². The van der Waals surface area contributed by atoms with E-state index in [2.05, 4.69) is 63.5 Å². The lowest BCUT2D eigenvalue weighted by molar-refractivity contribution is -0.117. The molecule has 5 heteroatoms. The van der Waals surface area contributed by atoms with Crippen LogP contribution in [0.25, 0.3) is 11.0 Å². The van der Waals surface area contributed by atoms with Gasteiger partial charge < -0.3 is 14.2 Å². The zero-order chi connectivity index (χ0) is 25.4. The number of anilines is 1. The zero-order valence-corrected chi connectivity index (χ0v) is 21.9. The summed E-state index contributed by atoms with van der Waals surface area (Å²) in [6, 6.07) is 22.7. The van der Waals surface area contributed by atoms with Gasteiger partial charge in [0.1, 0.15) is 18.2 Å². The quantitative estimate of drug-likeness (QED) is 0.314. The van der Waals surface area contributed by atoms with Gasteiger partial charge in [0.2, 0.25) is 5.91 Å². The summed E-state index contributed by atoms with van der Waals surface area (Å²) in [4.78, 5) is 20.0. The van der Waals surface area contributed by atoms with Gasteiger partial charge >= 0.3 is 0 Å². The molecule has 1 fully saturated rings. The van der Waals surface area contributed by atoms with Crippen molar-refractivity contribution in [1.82, 2.24) is 9.55 Å². The van der Waals surface area contributed by atoms with Crippen LogP contribution in [0.3, 0.4) is 0 Å². The van der Waals surface area contributed by atoms with Crippen LogP contribution in [0.1, 0.15) is 55.6 Å². The van der Waals surface area contributed by atoms with Crippen LogP contribution in [-0.2, 0) is 16.8 Å². The number of aromatic nitrogens is 2. The van der Waals surface area contributed by atoms with Gasteiger partial charge in [0.15, 0.2) is 0 Å². The Morgan fingerprint density at radius 2 is 1.72 bits per heavy atom. The lowest BCUT2D eigenvalue weighted by Crippen LogP contribution is -2.25. The predicted molar refractivity (Wildman–Crippen MR) is 146 cm³/mol. The summed E-state index contributed by atoms with van der Waals surface area (Å²) in [5.74, 6) is 2.02. The first-order valence-electron chi connectivity index (χ1n) is 12.8. The van der Waals surface area contributed by atoms with Crippen LogP contribution >= 0.6 is 0 Å². The molecule has 0 radical (unpaired) electrons. The number of fused-ring (bicyclic) bond motifs is 1. The van der Waals surface area contributed by atoms with E-state index >= 15 is 0 Å². The van der Waals surface area contributed by atoms with Crippen LogP contribution in [0.5, 0.6) is 5.75 Å². The van der Waals surface area contributed by atoms with Crippen molar-refractivity contribution >= 4 is 22.6 Å². The molecule has 1 saturated heterocycles. The zero-order valence-electron chi connectivity index (χ0n) is 21.9. The summed E-state index contributed by atoms with van der Waals surface area (Å²) in [7, 11) is 0. The SMILES string of the molecule is Cc1cccc(N2CC(c3nc4ccccc4n3CCOc3ccc(C(C)(C)C)cc3)CC2=O)c1C. The molecule has 1 aromatic heterocycles. The first-order chi connectivity index (χ1) is 17.2. The highest BCUT2D eigenvalue weighted by molar-refractivity contribution is 5.97. The number of hydrogen-bond donors (Lipinski definition) is 0. The molecule has 1 atom stereocenters. The highest BCUT2D eigenvalue weighted by Gasteiger charge is 2.35. The van der Waals surface area contributed by atoms with Crippen LogP contribution in [0.4, 0.5) is 5.69 Å². The minimum Gasteiger partial charge on any atom is -0.492 e. The van der Waals surface area contributed by atoms with E-state index in [9.17, 15) is 4.79 Å². The van der Waals surface area contributed by atoms with Gasteiger partial charge in [-0.25, -0.2) is 4.98 Å². The van der Waals surface area contributed by atoms with Crippen molar-refractivity contribution in [2.24, 2.45) is 0 Å². The maximum Gasteiger partial charge on any atom is 0.227 e. The molecule has 0 bridgehead atoms. The first-order valence-corrected chi connectivity index (χ1v) is 12.8. The Kier molecular flexibility index (Phi) is 6.33. The average molecular weight is 482 g/mol. The normalized spacial score (nSPS) is 16.2. The number of benzene rings is 3. The predicted octanol–water partition coefficient (Wildman–Crippen LogP) is 6.55. The molecule has 36 heavy (non-hydrogen) atoms. The summed E-state index contributed by atoms with van der Waals surface area (Å²) in [6.45, 7) is 12.7. The molecule has 1 aliphatic heterocycles. The Hall–Kier alpha value is -3.60. The monoisotopic (exact) mass is 481 g/mol. The molecule has 4 aromatic rings. The lowest BCUT2D eigenvalue weighted by Gasteiger charge is -2.20. The molecular weight excluding hydrogens is 446 g/mol. The topological polar surface area (TPSA) is 47.4 Å². The van der Waals surface area contributed by atoms with Crippen molar-refractivity contribution in [2.75, 3.05) is 18.1 Å². The standard InChI is InChI=1S/C31H35N3O2/c1-21-9-8-12-27(22(21)2)34-20-23(19-29(34)35)30-32-26-10-6-7-11-28(26)33(30)17-18-36-25-15-13-24(14-16-25)31(3,4)5/h6-16,23H,17-20H2,1-5H3. The minimum absolute atomic E-state index is 0.0379. The van der Waals surface area contributed by atoms with Crippen LogP contribution in [-0.4, -0.2) is 28.6 Å². The molecule has 0 N–H and O–H groups in total. The molecule has 186 valence electrons. The number of para-hydroxylation sites is 2. The number of carbonyl (C=O) groups is 1. The van der Waals surface area contributed by atoms with Gasteiger partial charge in [0, 0.05) is 24.6 Å². The van der Waals surface area contributed by atoms with Crippen LogP contribution < -0.4 is 9.64 Å². The first kappa shape index (κ1) is 24.1. The smallest absolute Gasteiger partial charge is 0.227 e. The van der Waals surface area contributed by atoms with Crippen molar-refractivity contribution in [3.8, 4) is 5.75 Å². The van der Waals surface area contributed by atoms with Gasteiger partial charge in [-0.15, -0.1) is 0 Å². The molecule has 1 amide bonds. The van der Waals surface area contributed by atoms with E-state index in [-0.39, 0.29) is 17.2 Å². The maximum absolute atomic E-state index is 13.1. The van der Waals surface area contributed by atoms with E-state index in [1.54, 1.807) is 0 Å². The van der Waals surface area contributed by atoms with Gasteiger partial charge in [-0.05, 0) is 66.3 Å². The molecule has 1 aliphatic rings. The molecule has 1 unspecified atom stereocenters. The number of carbonyl (C=O) groups excluding carboxylic acids is 1. The molecular formula is C31H35N3O2. The Bertz CT molecular complexity index is 1400. The molecule has 5 rings (SSSR count). The van der Waals surface area contributed by atoms with Gasteiger partial charge in [0.05, 0.1) is 17.6 Å². The minimum atomic E-state index is 0.0379. The highest BCUT2D eigenvalue weighted by Crippen LogP contribution is 2.35. The van der Waals surface area contributed by atoms with Gasteiger partial charge in [0.25, 0.3) is 0 Å². The van der Waals surface area contributed by atoms with E-state index in [0.717, 1.165) is 33.9 Å². The van der Waals surface area contributed by atoms with E-state index in [1.807, 2.05) is 47.4 Å². The van der Waals surface area contributed by atoms with Crippen molar-refractivity contribution in [2.45, 2.75) is 58.9 Å². The number of rotatable bonds is 6. The Labute approximate surface area is 213 Å². The third-order valence-corrected chi connectivity index (χ3v) is 7.35. The fourth-order valence-corrected chi connectivity index (χ4v) is 5.09. The fraction of sp³-hybridized carbons (Fsp3) is 0.355. The molecule has 0 saturated carbocycles. The van der Waals surface area contributed by atoms with E-state index < -0.39 is 0 Å². The molecule has 5 nitrogen and oxygen atoms in total. The lowest BCUT2D eigenvalue weighted by atomic mass is 9.87. The Morgan fingerprint density at radius 1 is 0.972 bits per heavy atom. The van der Waals surface area contributed by atoms with E-state index in [0.29, 0.717) is 26.1 Å². The Balaban J connectivity index is 1.37. The number of imidazole rings is 1. The van der Waals surface area contributed by atoms with E-state index in [4.69, 9.17) is 9.72 Å². The molecule has 0 spiro atoms. The Morgan fingerprint density at radius 3 is 2.47 bits per heavy atom. The second kappa shape index (κ2) is 9.45. The number of nitrogens with zero attached hydrogens (tertiary/aromatic N) is 3. The second-order valence-corrected chi connectivity index (χ2v) is 10.9.